The minimum atomic E-state index is -4.31. The Labute approximate surface area is 172 Å². The number of rotatable bonds is 3. The van der Waals surface area contributed by atoms with E-state index >= 15 is 0 Å². The molecule has 1 saturated heterocycles. The highest BCUT2D eigenvalue weighted by Gasteiger charge is 2.30. The van der Waals surface area contributed by atoms with Crippen LogP contribution in [0.2, 0.25) is 0 Å². The van der Waals surface area contributed by atoms with Gasteiger partial charge in [-0.3, -0.25) is 0 Å². The summed E-state index contributed by atoms with van der Waals surface area (Å²) in [5.74, 6) is 0. The van der Waals surface area contributed by atoms with E-state index in [0.717, 1.165) is 53.8 Å². The summed E-state index contributed by atoms with van der Waals surface area (Å²) in [5, 5.41) is 9.20. The molecule has 1 heterocycles. The Bertz CT molecular complexity index is 955. The molecule has 0 bridgehead atoms. The lowest BCUT2D eigenvalue weighted by molar-refractivity contribution is -0.0328. The number of fused-ring (bicyclic) bond motifs is 2. The molecular weight excluding hydrogens is 395 g/mol. The van der Waals surface area contributed by atoms with Crippen LogP contribution >= 0.6 is 11.8 Å². The van der Waals surface area contributed by atoms with Gasteiger partial charge in [-0.05, 0) is 64.6 Å². The lowest BCUT2D eigenvalue weighted by Gasteiger charge is -2.30. The second kappa shape index (κ2) is 8.38. The third-order valence-corrected chi connectivity index (χ3v) is 6.15. The van der Waals surface area contributed by atoms with Gasteiger partial charge in [-0.1, -0.05) is 48.1 Å². The number of benzene rings is 2. The fourth-order valence-electron chi connectivity index (χ4n) is 4.11. The van der Waals surface area contributed by atoms with Crippen LogP contribution in [0.25, 0.3) is 17.7 Å². The molecule has 0 atom stereocenters. The average molecular weight is 417 g/mol. The standard InChI is InChI=1S/C23H22F3NOS/c24-23(25,26)29-19-8-7-17-6-5-16-3-1-2-4-20(16)22(21(17)15-19)18-9-11-27(12-10-18)13-14-28/h1-8,15,28H,9-14H2. The molecular formula is C23H22F3NOS. The highest BCUT2D eigenvalue weighted by Crippen LogP contribution is 2.43. The van der Waals surface area contributed by atoms with Crippen LogP contribution in [0.1, 0.15) is 35.1 Å². The van der Waals surface area contributed by atoms with Crippen molar-refractivity contribution in [3.05, 3.63) is 70.3 Å². The summed E-state index contributed by atoms with van der Waals surface area (Å²) < 4.78 is 38.9. The molecule has 29 heavy (non-hydrogen) atoms. The van der Waals surface area contributed by atoms with Crippen molar-refractivity contribution in [1.29, 1.82) is 0 Å². The molecule has 2 nitrogen and oxygen atoms in total. The number of aliphatic hydroxyl groups excluding tert-OH is 1. The number of likely N-dealkylation sites (tertiary alicyclic amines) is 1. The molecule has 0 unspecified atom stereocenters. The summed E-state index contributed by atoms with van der Waals surface area (Å²) in [6.45, 7) is 2.49. The van der Waals surface area contributed by atoms with E-state index in [2.05, 4.69) is 11.0 Å². The van der Waals surface area contributed by atoms with Gasteiger partial charge in [0.15, 0.2) is 0 Å². The smallest absolute Gasteiger partial charge is 0.395 e. The molecule has 0 aromatic heterocycles. The van der Waals surface area contributed by atoms with Crippen LogP contribution in [0.4, 0.5) is 13.2 Å². The molecule has 2 aromatic rings. The molecule has 6 heteroatoms. The highest BCUT2D eigenvalue weighted by molar-refractivity contribution is 8.00. The number of nitrogens with zero attached hydrogens (tertiary/aromatic N) is 1. The minimum Gasteiger partial charge on any atom is -0.395 e. The van der Waals surface area contributed by atoms with E-state index in [1.807, 2.05) is 30.4 Å². The predicted molar refractivity (Wildman–Crippen MR) is 113 cm³/mol. The first-order valence-electron chi connectivity index (χ1n) is 9.67. The number of halogens is 3. The van der Waals surface area contributed by atoms with E-state index < -0.39 is 5.51 Å². The Morgan fingerprint density at radius 2 is 1.62 bits per heavy atom. The molecule has 1 N–H and O–H groups in total. The fourth-order valence-corrected chi connectivity index (χ4v) is 4.69. The van der Waals surface area contributed by atoms with Gasteiger partial charge in [0.25, 0.3) is 0 Å². The van der Waals surface area contributed by atoms with E-state index in [-0.39, 0.29) is 23.3 Å². The monoisotopic (exact) mass is 417 g/mol. The maximum absolute atomic E-state index is 13.0. The summed E-state index contributed by atoms with van der Waals surface area (Å²) in [4.78, 5) is 2.43. The lowest BCUT2D eigenvalue weighted by atomic mass is 9.86. The molecule has 152 valence electrons. The van der Waals surface area contributed by atoms with Gasteiger partial charge < -0.3 is 10.0 Å². The first-order valence-corrected chi connectivity index (χ1v) is 10.5. The van der Waals surface area contributed by atoms with Crippen LogP contribution < -0.4 is 0 Å². The summed E-state index contributed by atoms with van der Waals surface area (Å²) in [5.41, 5.74) is 1.98. The first-order chi connectivity index (χ1) is 13.9. The molecule has 0 radical (unpaired) electrons. The van der Waals surface area contributed by atoms with Crippen molar-refractivity contribution in [3.8, 4) is 0 Å². The molecule has 0 amide bonds. The van der Waals surface area contributed by atoms with Crippen molar-refractivity contribution in [2.75, 3.05) is 26.2 Å². The van der Waals surface area contributed by atoms with Gasteiger partial charge in [0.1, 0.15) is 0 Å². The van der Waals surface area contributed by atoms with E-state index in [1.165, 1.54) is 5.57 Å². The molecule has 2 aliphatic rings. The summed E-state index contributed by atoms with van der Waals surface area (Å²) in [7, 11) is 0. The molecule has 0 spiro atoms. The van der Waals surface area contributed by atoms with Crippen LogP contribution in [0.15, 0.2) is 52.9 Å². The van der Waals surface area contributed by atoms with Gasteiger partial charge in [0.05, 0.1) is 6.61 Å². The predicted octanol–water partition coefficient (Wildman–Crippen LogP) is 5.67. The largest absolute Gasteiger partial charge is 0.446 e. The van der Waals surface area contributed by atoms with Gasteiger partial charge in [0, 0.05) is 24.5 Å². The average Bonchev–Trinajstić information content (AvgIpc) is 2.84. The second-order valence-electron chi connectivity index (χ2n) is 7.26. The zero-order chi connectivity index (χ0) is 20.4. The maximum atomic E-state index is 13.0. The number of hydrogen-bond donors (Lipinski definition) is 1. The number of hydrogen-bond acceptors (Lipinski definition) is 3. The third-order valence-electron chi connectivity index (χ3n) is 5.43. The van der Waals surface area contributed by atoms with E-state index in [4.69, 9.17) is 0 Å². The lowest BCUT2D eigenvalue weighted by Crippen LogP contribution is -2.33. The zero-order valence-electron chi connectivity index (χ0n) is 15.9. The molecule has 1 aliphatic carbocycles. The van der Waals surface area contributed by atoms with Crippen molar-refractivity contribution in [3.63, 3.8) is 0 Å². The first kappa shape index (κ1) is 20.3. The number of β-amino-alcohol motifs (C(OH)–C–C–N with tert-alkyl or cyclic N) is 1. The Morgan fingerprint density at radius 1 is 0.931 bits per heavy atom. The van der Waals surface area contributed by atoms with Gasteiger partial charge >= 0.3 is 5.51 Å². The maximum Gasteiger partial charge on any atom is 0.446 e. The number of aliphatic hydroxyl groups is 1. The van der Waals surface area contributed by atoms with Crippen LogP contribution in [0.5, 0.6) is 0 Å². The minimum absolute atomic E-state index is 0.0653. The summed E-state index contributed by atoms with van der Waals surface area (Å²) in [6, 6.07) is 13.1. The number of alkyl halides is 3. The fraction of sp³-hybridized carbons (Fsp3) is 0.304. The van der Waals surface area contributed by atoms with Crippen molar-refractivity contribution in [2.45, 2.75) is 23.2 Å². The summed E-state index contributed by atoms with van der Waals surface area (Å²) >= 11 is -0.0653. The molecule has 2 aromatic carbocycles. The zero-order valence-corrected chi connectivity index (χ0v) is 16.7. The SMILES string of the molecule is OCCN1CCC(=C2c3ccccc3C=Cc3ccc(SC(F)(F)F)cc32)CC1. The summed E-state index contributed by atoms with van der Waals surface area (Å²) in [6.07, 6.45) is 5.73. The number of piperidine rings is 1. The second-order valence-corrected chi connectivity index (χ2v) is 8.40. The highest BCUT2D eigenvalue weighted by atomic mass is 32.2. The van der Waals surface area contributed by atoms with Crippen molar-refractivity contribution >= 4 is 29.5 Å². The topological polar surface area (TPSA) is 23.5 Å². The van der Waals surface area contributed by atoms with Gasteiger partial charge in [0.2, 0.25) is 0 Å². The normalized spacial score (nSPS) is 17.1. The van der Waals surface area contributed by atoms with Gasteiger partial charge in [-0.15, -0.1) is 0 Å². The van der Waals surface area contributed by atoms with Gasteiger partial charge in [-0.25, -0.2) is 0 Å². The van der Waals surface area contributed by atoms with Crippen LogP contribution in [-0.4, -0.2) is 41.8 Å². The Balaban J connectivity index is 1.82. The van der Waals surface area contributed by atoms with Crippen molar-refractivity contribution in [2.24, 2.45) is 0 Å². The third kappa shape index (κ3) is 4.60. The van der Waals surface area contributed by atoms with E-state index in [1.54, 1.807) is 18.2 Å². The van der Waals surface area contributed by atoms with Crippen molar-refractivity contribution in [1.82, 2.24) is 4.90 Å². The van der Waals surface area contributed by atoms with Crippen molar-refractivity contribution < 1.29 is 18.3 Å². The molecule has 1 aliphatic heterocycles. The van der Waals surface area contributed by atoms with E-state index in [9.17, 15) is 18.3 Å². The molecule has 4 rings (SSSR count). The Morgan fingerprint density at radius 3 is 2.31 bits per heavy atom. The van der Waals surface area contributed by atoms with E-state index in [0.29, 0.717) is 6.54 Å². The molecule has 0 saturated carbocycles. The Hall–Kier alpha value is -2.02. The van der Waals surface area contributed by atoms with Crippen LogP contribution in [0, 0.1) is 0 Å². The quantitative estimate of drug-likeness (QED) is 0.555. The number of thioether (sulfide) groups is 1. The molecule has 1 fully saturated rings. The van der Waals surface area contributed by atoms with Gasteiger partial charge in [-0.2, -0.15) is 13.2 Å². The van der Waals surface area contributed by atoms with Crippen LogP contribution in [-0.2, 0) is 0 Å². The Kier molecular flexibility index (Phi) is 5.86. The van der Waals surface area contributed by atoms with Crippen LogP contribution in [0.3, 0.4) is 0 Å².